The number of anilines is 1. The molecule has 3 rings (SSSR count). The van der Waals surface area contributed by atoms with Gasteiger partial charge in [0, 0.05) is 29.8 Å². The summed E-state index contributed by atoms with van der Waals surface area (Å²) in [4.78, 5) is 2.49. The molecule has 2 atom stereocenters. The van der Waals surface area contributed by atoms with Crippen molar-refractivity contribution in [3.63, 3.8) is 0 Å². The fourth-order valence-corrected chi connectivity index (χ4v) is 3.80. The van der Waals surface area contributed by atoms with Gasteiger partial charge in [0.2, 0.25) is 0 Å². The van der Waals surface area contributed by atoms with Gasteiger partial charge in [0.05, 0.1) is 5.54 Å². The Kier molecular flexibility index (Phi) is 3.41. The lowest BCUT2D eigenvalue weighted by atomic mass is 9.88. The lowest BCUT2D eigenvalue weighted by Crippen LogP contribution is -2.53. The molecular weight excluding hydrogens is 265 g/mol. The van der Waals surface area contributed by atoms with Crippen LogP contribution in [0.2, 0.25) is 5.02 Å². The third kappa shape index (κ3) is 2.33. The zero-order valence-electron chi connectivity index (χ0n) is 10.8. The van der Waals surface area contributed by atoms with Crippen LogP contribution in [0.5, 0.6) is 0 Å². The molecule has 2 aliphatic heterocycles. The van der Waals surface area contributed by atoms with Crippen LogP contribution >= 0.6 is 11.6 Å². The first-order valence-corrected chi connectivity index (χ1v) is 7.19. The van der Waals surface area contributed by atoms with Gasteiger partial charge in [-0.1, -0.05) is 11.6 Å². The fourth-order valence-electron chi connectivity index (χ4n) is 3.58. The number of nitrogens with one attached hydrogen (secondary N) is 1. The lowest BCUT2D eigenvalue weighted by molar-refractivity contribution is 0.280. The quantitative estimate of drug-likeness (QED) is 0.895. The van der Waals surface area contributed by atoms with Crippen molar-refractivity contribution in [2.75, 3.05) is 25.0 Å². The average molecular weight is 284 g/mol. The van der Waals surface area contributed by atoms with Crippen molar-refractivity contribution in [3.8, 4) is 0 Å². The van der Waals surface area contributed by atoms with Gasteiger partial charge in [0.15, 0.2) is 0 Å². The maximum atomic E-state index is 13.4. The molecule has 19 heavy (non-hydrogen) atoms. The van der Waals surface area contributed by atoms with Crippen LogP contribution in [-0.2, 0) is 0 Å². The summed E-state index contributed by atoms with van der Waals surface area (Å²) in [6, 6.07) is 5.03. The molecule has 0 spiro atoms. The van der Waals surface area contributed by atoms with Crippen LogP contribution in [-0.4, -0.2) is 36.1 Å². The maximum absolute atomic E-state index is 13.4. The molecule has 0 bridgehead atoms. The summed E-state index contributed by atoms with van der Waals surface area (Å²) < 4.78 is 13.4. The minimum absolute atomic E-state index is 0.145. The minimum Gasteiger partial charge on any atom is -0.377 e. The third-order valence-electron chi connectivity index (χ3n) is 4.47. The maximum Gasteiger partial charge on any atom is 0.126 e. The molecule has 104 valence electrons. The molecule has 2 aliphatic rings. The number of hydrogen-bond acceptors (Lipinski definition) is 3. The number of nitrogens with zero attached hydrogens (tertiary/aromatic N) is 1. The van der Waals surface area contributed by atoms with Crippen LogP contribution in [0, 0.1) is 5.82 Å². The first-order valence-electron chi connectivity index (χ1n) is 6.81. The SMILES string of the molecule is NCC1(Nc2cc(F)cc(Cl)c2)CCN2CCCC21. The Morgan fingerprint density at radius 3 is 3.00 bits per heavy atom. The van der Waals surface area contributed by atoms with E-state index < -0.39 is 0 Å². The average Bonchev–Trinajstić information content (AvgIpc) is 2.92. The van der Waals surface area contributed by atoms with E-state index >= 15 is 0 Å². The summed E-state index contributed by atoms with van der Waals surface area (Å²) in [6.45, 7) is 2.78. The first kappa shape index (κ1) is 13.2. The van der Waals surface area contributed by atoms with Gasteiger partial charge in [-0.2, -0.15) is 0 Å². The number of hydrogen-bond donors (Lipinski definition) is 2. The lowest BCUT2D eigenvalue weighted by Gasteiger charge is -2.36. The minimum atomic E-state index is -0.316. The van der Waals surface area contributed by atoms with E-state index in [4.69, 9.17) is 17.3 Å². The van der Waals surface area contributed by atoms with Crippen LogP contribution in [0.15, 0.2) is 18.2 Å². The van der Waals surface area contributed by atoms with Gasteiger partial charge in [-0.15, -0.1) is 0 Å². The van der Waals surface area contributed by atoms with Gasteiger partial charge in [0.1, 0.15) is 5.82 Å². The summed E-state index contributed by atoms with van der Waals surface area (Å²) >= 11 is 5.91. The van der Waals surface area contributed by atoms with Gasteiger partial charge >= 0.3 is 0 Å². The molecule has 3 nitrogen and oxygen atoms in total. The van der Waals surface area contributed by atoms with Crippen molar-refractivity contribution in [2.24, 2.45) is 5.73 Å². The molecule has 1 aromatic rings. The molecule has 2 fully saturated rings. The van der Waals surface area contributed by atoms with E-state index in [0.29, 0.717) is 17.6 Å². The molecule has 0 aliphatic carbocycles. The first-order chi connectivity index (χ1) is 9.13. The van der Waals surface area contributed by atoms with Crippen LogP contribution < -0.4 is 11.1 Å². The number of halogens is 2. The largest absolute Gasteiger partial charge is 0.377 e. The monoisotopic (exact) mass is 283 g/mol. The normalized spacial score (nSPS) is 30.6. The molecule has 0 amide bonds. The van der Waals surface area contributed by atoms with E-state index in [1.54, 1.807) is 6.07 Å². The Balaban J connectivity index is 1.87. The van der Waals surface area contributed by atoms with Crippen LogP contribution in [0.25, 0.3) is 0 Å². The number of benzene rings is 1. The number of nitrogens with two attached hydrogens (primary N) is 1. The van der Waals surface area contributed by atoms with Gasteiger partial charge in [-0.3, -0.25) is 4.90 Å². The summed E-state index contributed by atoms with van der Waals surface area (Å²) in [6.07, 6.45) is 3.38. The smallest absolute Gasteiger partial charge is 0.126 e. The fraction of sp³-hybridized carbons (Fsp3) is 0.571. The molecular formula is C14H19ClFN3. The molecule has 0 aromatic heterocycles. The van der Waals surface area contributed by atoms with Gasteiger partial charge in [-0.05, 0) is 44.0 Å². The Morgan fingerprint density at radius 2 is 2.26 bits per heavy atom. The van der Waals surface area contributed by atoms with Crippen molar-refractivity contribution >= 4 is 17.3 Å². The highest BCUT2D eigenvalue weighted by Crippen LogP contribution is 2.38. The molecule has 2 saturated heterocycles. The Labute approximate surface area is 117 Å². The topological polar surface area (TPSA) is 41.3 Å². The zero-order valence-corrected chi connectivity index (χ0v) is 11.6. The standard InChI is InChI=1S/C14H19ClFN3/c15-10-6-11(16)8-12(7-10)18-14(9-17)3-5-19-4-1-2-13(14)19/h6-8,13,18H,1-5,9,17H2. The molecule has 0 radical (unpaired) electrons. The number of rotatable bonds is 3. The van der Waals surface area contributed by atoms with Crippen molar-refractivity contribution < 1.29 is 4.39 Å². The van der Waals surface area contributed by atoms with E-state index in [0.717, 1.165) is 31.6 Å². The zero-order chi connectivity index (χ0) is 13.5. The predicted molar refractivity (Wildman–Crippen MR) is 76.0 cm³/mol. The second-order valence-corrected chi connectivity index (χ2v) is 6.02. The van der Waals surface area contributed by atoms with E-state index in [1.807, 2.05) is 0 Å². The number of fused-ring (bicyclic) bond motifs is 1. The molecule has 3 N–H and O–H groups in total. The highest BCUT2D eigenvalue weighted by atomic mass is 35.5. The van der Waals surface area contributed by atoms with E-state index in [1.165, 1.54) is 18.6 Å². The highest BCUT2D eigenvalue weighted by molar-refractivity contribution is 6.30. The van der Waals surface area contributed by atoms with Gasteiger partial charge in [-0.25, -0.2) is 4.39 Å². The second kappa shape index (κ2) is 4.93. The summed E-state index contributed by atoms with van der Waals surface area (Å²) in [5.41, 5.74) is 6.61. The van der Waals surface area contributed by atoms with Crippen molar-refractivity contribution in [1.82, 2.24) is 4.90 Å². The van der Waals surface area contributed by atoms with Gasteiger partial charge in [0.25, 0.3) is 0 Å². The summed E-state index contributed by atoms with van der Waals surface area (Å²) in [5, 5.41) is 3.88. The van der Waals surface area contributed by atoms with Gasteiger partial charge < -0.3 is 11.1 Å². The third-order valence-corrected chi connectivity index (χ3v) is 4.68. The second-order valence-electron chi connectivity index (χ2n) is 5.59. The Hall–Kier alpha value is -0.840. The van der Waals surface area contributed by atoms with Crippen LogP contribution in [0.1, 0.15) is 19.3 Å². The molecule has 2 heterocycles. The van der Waals surface area contributed by atoms with Crippen molar-refractivity contribution in [1.29, 1.82) is 0 Å². The molecule has 2 unspecified atom stereocenters. The predicted octanol–water partition coefficient (Wildman–Crippen LogP) is 2.46. The molecule has 1 aromatic carbocycles. The van der Waals surface area contributed by atoms with Crippen molar-refractivity contribution in [3.05, 3.63) is 29.0 Å². The Bertz CT molecular complexity index is 462. The van der Waals surface area contributed by atoms with Crippen LogP contribution in [0.4, 0.5) is 10.1 Å². The molecule has 5 heteroatoms. The Morgan fingerprint density at radius 1 is 1.42 bits per heavy atom. The summed E-state index contributed by atoms with van der Waals surface area (Å²) in [5.74, 6) is -0.316. The van der Waals surface area contributed by atoms with E-state index in [2.05, 4.69) is 10.2 Å². The van der Waals surface area contributed by atoms with E-state index in [-0.39, 0.29) is 11.4 Å². The van der Waals surface area contributed by atoms with E-state index in [9.17, 15) is 4.39 Å². The van der Waals surface area contributed by atoms with Crippen LogP contribution in [0.3, 0.4) is 0 Å². The van der Waals surface area contributed by atoms with Crippen molar-refractivity contribution in [2.45, 2.75) is 30.8 Å². The molecule has 0 saturated carbocycles. The summed E-state index contributed by atoms with van der Waals surface area (Å²) in [7, 11) is 0. The highest BCUT2D eigenvalue weighted by Gasteiger charge is 2.48.